The Bertz CT molecular complexity index is 1660. The smallest absolute Gasteiger partial charge is 0.278 e. The number of fused-ring (bicyclic) bond motifs is 4. The van der Waals surface area contributed by atoms with Gasteiger partial charge in [-0.3, -0.25) is 19.3 Å². The average Bonchev–Trinajstić information content (AvgIpc) is 3.07. The summed E-state index contributed by atoms with van der Waals surface area (Å²) in [6.07, 6.45) is 1.69. The molecule has 6 rings (SSSR count). The van der Waals surface area contributed by atoms with Gasteiger partial charge in [-0.1, -0.05) is 24.3 Å². The first-order chi connectivity index (χ1) is 18.7. The Morgan fingerprint density at radius 2 is 1.90 bits per heavy atom. The summed E-state index contributed by atoms with van der Waals surface area (Å²) in [6, 6.07) is 10.5. The highest BCUT2D eigenvalue weighted by molar-refractivity contribution is 7.98. The molecule has 13 heteroatoms. The number of pyridine rings is 1. The molecule has 0 spiro atoms. The van der Waals surface area contributed by atoms with Crippen LogP contribution in [0.2, 0.25) is 0 Å². The Morgan fingerprint density at radius 3 is 2.69 bits per heavy atom. The minimum absolute atomic E-state index is 0.113. The molecule has 1 amide bonds. The number of ether oxygens (including phenoxy) is 2. The largest absolute Gasteiger partial charge is 0.471 e. The number of thioether (sulfide) groups is 1. The summed E-state index contributed by atoms with van der Waals surface area (Å²) in [6.45, 7) is 0.560. The van der Waals surface area contributed by atoms with E-state index < -0.39 is 56.7 Å². The van der Waals surface area contributed by atoms with E-state index in [4.69, 9.17) is 9.47 Å². The van der Waals surface area contributed by atoms with Crippen LogP contribution in [0.15, 0.2) is 58.4 Å². The number of carbonyl (C=O) groups is 1. The average molecular weight is 576 g/mol. The van der Waals surface area contributed by atoms with Crippen LogP contribution in [0.25, 0.3) is 0 Å². The molecule has 1 aromatic heterocycles. The third kappa shape index (κ3) is 4.38. The standard InChI is InChI=1S/C26H23F2N3O6S2/c1-39(34,35)14-37-25-19(32)8-9-30-24(25)26(33)29-10-11-36-12-21(29)31(30)23-15-6-7-18(27)22(28)17(15)13-38-20-5-3-2-4-16(20)23/h2-9,21,23H,10-14H2,1H3/t21-,23+/m1/s1. The number of hydrogen-bond acceptors (Lipinski definition) is 8. The predicted molar refractivity (Wildman–Crippen MR) is 139 cm³/mol. The topological polar surface area (TPSA) is 98.2 Å². The molecule has 0 bridgehead atoms. The monoisotopic (exact) mass is 575 g/mol. The minimum Gasteiger partial charge on any atom is -0.471 e. The highest BCUT2D eigenvalue weighted by Gasteiger charge is 2.46. The van der Waals surface area contributed by atoms with Crippen LogP contribution in [-0.4, -0.2) is 62.0 Å². The van der Waals surface area contributed by atoms with Gasteiger partial charge in [0.25, 0.3) is 5.91 Å². The van der Waals surface area contributed by atoms with Gasteiger partial charge in [-0.25, -0.2) is 17.2 Å². The summed E-state index contributed by atoms with van der Waals surface area (Å²) in [5, 5.41) is 1.80. The summed E-state index contributed by atoms with van der Waals surface area (Å²) in [4.78, 5) is 29.0. The van der Waals surface area contributed by atoms with Gasteiger partial charge in [-0.05, 0) is 23.3 Å². The zero-order valence-electron chi connectivity index (χ0n) is 20.7. The molecule has 0 unspecified atom stereocenters. The molecule has 4 heterocycles. The summed E-state index contributed by atoms with van der Waals surface area (Å²) < 4.78 is 66.0. The second-order valence-electron chi connectivity index (χ2n) is 9.48. The van der Waals surface area contributed by atoms with Crippen LogP contribution in [-0.2, 0) is 20.3 Å². The number of rotatable bonds is 4. The van der Waals surface area contributed by atoms with E-state index in [0.29, 0.717) is 5.56 Å². The lowest BCUT2D eigenvalue weighted by Gasteiger charge is -2.51. The van der Waals surface area contributed by atoms with E-state index in [9.17, 15) is 22.4 Å². The SMILES string of the molecule is CS(=O)(=O)COc1c2n(ccc1=O)N([C@@H]1c3ccccc3SCc3c1ccc(F)c3F)[C@@H]1COCCN1C2=O. The fourth-order valence-corrected chi connectivity index (χ4v) is 6.72. The molecular weight excluding hydrogens is 552 g/mol. The van der Waals surface area contributed by atoms with Crippen LogP contribution in [0, 0.1) is 11.6 Å². The molecule has 0 radical (unpaired) electrons. The van der Waals surface area contributed by atoms with E-state index in [-0.39, 0.29) is 36.8 Å². The van der Waals surface area contributed by atoms with E-state index in [1.165, 1.54) is 39.7 Å². The molecule has 3 aromatic rings. The molecule has 0 saturated carbocycles. The van der Waals surface area contributed by atoms with Crippen molar-refractivity contribution in [1.29, 1.82) is 0 Å². The molecule has 3 aliphatic heterocycles. The van der Waals surface area contributed by atoms with E-state index in [1.807, 2.05) is 24.3 Å². The highest BCUT2D eigenvalue weighted by Crippen LogP contribution is 2.45. The molecule has 204 valence electrons. The molecular formula is C26H23F2N3O6S2. The summed E-state index contributed by atoms with van der Waals surface area (Å²) in [7, 11) is -3.64. The highest BCUT2D eigenvalue weighted by atomic mass is 32.2. The Kier molecular flexibility index (Phi) is 6.39. The lowest BCUT2D eigenvalue weighted by Crippen LogP contribution is -2.66. The molecule has 0 aliphatic carbocycles. The van der Waals surface area contributed by atoms with Crippen molar-refractivity contribution in [3.05, 3.63) is 92.9 Å². The maximum absolute atomic E-state index is 15.2. The molecule has 3 aliphatic rings. The number of aromatic nitrogens is 1. The maximum Gasteiger partial charge on any atom is 0.278 e. The van der Waals surface area contributed by atoms with Gasteiger partial charge in [0, 0.05) is 41.3 Å². The van der Waals surface area contributed by atoms with Gasteiger partial charge >= 0.3 is 0 Å². The number of benzene rings is 2. The van der Waals surface area contributed by atoms with Crippen LogP contribution in [0.3, 0.4) is 0 Å². The number of morpholine rings is 1. The van der Waals surface area contributed by atoms with Gasteiger partial charge in [0.2, 0.25) is 5.43 Å². The summed E-state index contributed by atoms with van der Waals surface area (Å²) in [5.74, 6) is -3.44. The van der Waals surface area contributed by atoms with Crippen LogP contribution in [0.4, 0.5) is 8.78 Å². The number of sulfone groups is 1. The fraction of sp³-hybridized carbons (Fsp3) is 0.308. The summed E-state index contributed by atoms with van der Waals surface area (Å²) in [5.41, 5.74) is 0.667. The first kappa shape index (κ1) is 25.8. The van der Waals surface area contributed by atoms with E-state index in [0.717, 1.165) is 22.8 Å². The number of nitrogens with zero attached hydrogens (tertiary/aromatic N) is 3. The number of halogens is 2. The van der Waals surface area contributed by atoms with Crippen molar-refractivity contribution in [2.24, 2.45) is 0 Å². The third-order valence-electron chi connectivity index (χ3n) is 6.95. The van der Waals surface area contributed by atoms with Gasteiger partial charge in [0.1, 0.15) is 6.17 Å². The van der Waals surface area contributed by atoms with Crippen LogP contribution in [0.1, 0.15) is 33.2 Å². The summed E-state index contributed by atoms with van der Waals surface area (Å²) >= 11 is 1.37. The van der Waals surface area contributed by atoms with Crippen molar-refractivity contribution in [2.45, 2.75) is 22.9 Å². The van der Waals surface area contributed by atoms with Crippen molar-refractivity contribution in [3.8, 4) is 5.75 Å². The van der Waals surface area contributed by atoms with Gasteiger partial charge in [0.15, 0.2) is 38.9 Å². The van der Waals surface area contributed by atoms with E-state index in [2.05, 4.69) is 0 Å². The lowest BCUT2D eigenvalue weighted by molar-refractivity contribution is -0.0198. The number of carbonyl (C=O) groups excluding carboxylic acids is 1. The lowest BCUT2D eigenvalue weighted by atomic mass is 9.93. The van der Waals surface area contributed by atoms with Gasteiger partial charge in [-0.2, -0.15) is 0 Å². The Morgan fingerprint density at radius 1 is 1.10 bits per heavy atom. The molecule has 2 aromatic carbocycles. The third-order valence-corrected chi connectivity index (χ3v) is 8.61. The Labute approximate surface area is 226 Å². The number of amides is 1. The van der Waals surface area contributed by atoms with Gasteiger partial charge < -0.3 is 14.4 Å². The predicted octanol–water partition coefficient (Wildman–Crippen LogP) is 2.65. The zero-order valence-corrected chi connectivity index (χ0v) is 22.3. The normalized spacial score (nSPS) is 20.4. The minimum atomic E-state index is -3.64. The Hall–Kier alpha value is -3.42. The van der Waals surface area contributed by atoms with Crippen LogP contribution in [0.5, 0.6) is 5.75 Å². The molecule has 1 saturated heterocycles. The Balaban J connectivity index is 1.63. The van der Waals surface area contributed by atoms with E-state index >= 15 is 4.39 Å². The van der Waals surface area contributed by atoms with Gasteiger partial charge in [0.05, 0.1) is 19.3 Å². The first-order valence-corrected chi connectivity index (χ1v) is 15.1. The first-order valence-electron chi connectivity index (χ1n) is 12.1. The van der Waals surface area contributed by atoms with Crippen LogP contribution >= 0.6 is 11.8 Å². The molecule has 1 fully saturated rings. The molecule has 0 N–H and O–H groups in total. The van der Waals surface area contributed by atoms with Crippen molar-refractivity contribution in [2.75, 3.05) is 37.0 Å². The zero-order chi connectivity index (χ0) is 27.5. The quantitative estimate of drug-likeness (QED) is 0.469. The van der Waals surface area contributed by atoms with Crippen molar-refractivity contribution in [1.82, 2.24) is 9.58 Å². The molecule has 9 nitrogen and oxygen atoms in total. The molecule has 39 heavy (non-hydrogen) atoms. The van der Waals surface area contributed by atoms with E-state index in [1.54, 1.807) is 5.01 Å². The fourth-order valence-electron chi connectivity index (χ4n) is 5.28. The number of hydrogen-bond donors (Lipinski definition) is 0. The molecule has 2 atom stereocenters. The van der Waals surface area contributed by atoms with Crippen molar-refractivity contribution in [3.63, 3.8) is 0 Å². The second-order valence-corrected chi connectivity index (χ2v) is 12.6. The van der Waals surface area contributed by atoms with Crippen LogP contribution < -0.4 is 15.2 Å². The maximum atomic E-state index is 15.2. The second kappa shape index (κ2) is 9.65. The van der Waals surface area contributed by atoms with Crippen molar-refractivity contribution < 1.29 is 31.5 Å². The van der Waals surface area contributed by atoms with Crippen molar-refractivity contribution >= 4 is 27.5 Å². The van der Waals surface area contributed by atoms with Gasteiger partial charge in [-0.15, -0.1) is 11.8 Å².